The van der Waals surface area contributed by atoms with Crippen LogP contribution < -0.4 is 15.0 Å². The summed E-state index contributed by atoms with van der Waals surface area (Å²) in [5, 5.41) is 4.13. The van der Waals surface area contributed by atoms with Gasteiger partial charge in [-0.2, -0.15) is 0 Å². The number of hydrogen-bond donors (Lipinski definition) is 2. The Morgan fingerprint density at radius 3 is 2.92 bits per heavy atom. The van der Waals surface area contributed by atoms with Gasteiger partial charge < -0.3 is 15.0 Å². The highest BCUT2D eigenvalue weighted by atomic mass is 32.1. The van der Waals surface area contributed by atoms with Crippen molar-refractivity contribution in [1.29, 1.82) is 0 Å². The van der Waals surface area contributed by atoms with Crippen LogP contribution >= 0.6 is 11.3 Å². The van der Waals surface area contributed by atoms with Crippen LogP contribution in [-0.2, 0) is 4.79 Å². The predicted molar refractivity (Wildman–Crippen MR) is 104 cm³/mol. The molecule has 0 spiro atoms. The fraction of sp³-hybridized carbons (Fsp3) is 0.300. The Morgan fingerprint density at radius 2 is 2.08 bits per heavy atom. The molecule has 0 bridgehead atoms. The van der Waals surface area contributed by atoms with Crippen LogP contribution in [0.25, 0.3) is 10.2 Å². The van der Waals surface area contributed by atoms with Gasteiger partial charge in [-0.1, -0.05) is 24.3 Å². The van der Waals surface area contributed by atoms with E-state index in [0.717, 1.165) is 35.6 Å². The number of ether oxygens (including phenoxy) is 1. The van der Waals surface area contributed by atoms with Crippen LogP contribution in [0.4, 0.5) is 5.69 Å². The van der Waals surface area contributed by atoms with Crippen LogP contribution in [0, 0.1) is 0 Å². The lowest BCUT2D eigenvalue weighted by molar-refractivity contribution is -0.910. The van der Waals surface area contributed by atoms with Gasteiger partial charge in [-0.15, -0.1) is 11.3 Å². The Bertz CT molecular complexity index is 891. The first-order valence-corrected chi connectivity index (χ1v) is 9.69. The molecule has 1 aliphatic rings. The number of carbonyl (C=O) groups excluding carboxylic acids is 1. The van der Waals surface area contributed by atoms with E-state index >= 15 is 0 Å². The minimum absolute atomic E-state index is 0.0116. The molecule has 134 valence electrons. The minimum Gasteiger partial charge on any atom is -0.495 e. The van der Waals surface area contributed by atoms with Crippen molar-refractivity contribution in [2.24, 2.45) is 0 Å². The molecule has 2 atom stereocenters. The van der Waals surface area contributed by atoms with Crippen molar-refractivity contribution in [1.82, 2.24) is 4.98 Å². The van der Waals surface area contributed by atoms with Crippen molar-refractivity contribution in [2.75, 3.05) is 25.5 Å². The standard InChI is InChI=1S/C20H21N3O2S/c1-25-17-10-4-2-7-14(17)21-19(24)13-23-12-6-9-16(23)20-22-15-8-3-5-11-18(15)26-20/h2-5,7-8,10-11,16H,6,9,12-13H2,1H3,(H,21,24)/p+1/t16-/m0/s1. The summed E-state index contributed by atoms with van der Waals surface area (Å²) in [4.78, 5) is 18.7. The summed E-state index contributed by atoms with van der Waals surface area (Å²) in [6, 6.07) is 16.0. The van der Waals surface area contributed by atoms with Gasteiger partial charge in [0, 0.05) is 12.8 Å². The van der Waals surface area contributed by atoms with E-state index < -0.39 is 0 Å². The van der Waals surface area contributed by atoms with Crippen LogP contribution in [0.15, 0.2) is 48.5 Å². The van der Waals surface area contributed by atoms with Gasteiger partial charge in [-0.25, -0.2) is 4.98 Å². The lowest BCUT2D eigenvalue weighted by atomic mass is 10.2. The molecular formula is C20H22N3O2S+. The molecule has 4 rings (SSSR count). The lowest BCUT2D eigenvalue weighted by Crippen LogP contribution is -3.11. The summed E-state index contributed by atoms with van der Waals surface area (Å²) in [7, 11) is 1.61. The van der Waals surface area contributed by atoms with Crippen molar-refractivity contribution in [2.45, 2.75) is 18.9 Å². The number of aromatic nitrogens is 1. The van der Waals surface area contributed by atoms with E-state index in [1.807, 2.05) is 36.4 Å². The number of amides is 1. The molecule has 6 heteroatoms. The average Bonchev–Trinajstić information content (AvgIpc) is 3.28. The molecule has 0 saturated carbocycles. The third-order valence-corrected chi connectivity index (χ3v) is 6.01. The van der Waals surface area contributed by atoms with Crippen molar-refractivity contribution >= 4 is 33.1 Å². The van der Waals surface area contributed by atoms with Gasteiger partial charge >= 0.3 is 0 Å². The number of nitrogens with one attached hydrogen (secondary N) is 2. The van der Waals surface area contributed by atoms with Gasteiger partial charge in [0.25, 0.3) is 5.91 Å². The molecule has 1 aromatic heterocycles. The van der Waals surface area contributed by atoms with Crippen molar-refractivity contribution in [3.05, 3.63) is 53.5 Å². The first-order chi connectivity index (χ1) is 12.7. The molecule has 1 saturated heterocycles. The van der Waals surface area contributed by atoms with Crippen LogP contribution in [0.2, 0.25) is 0 Å². The van der Waals surface area contributed by atoms with Gasteiger partial charge in [0.15, 0.2) is 11.6 Å². The maximum atomic E-state index is 12.6. The molecule has 1 aliphatic heterocycles. The van der Waals surface area contributed by atoms with E-state index in [0.29, 0.717) is 18.3 Å². The molecule has 3 aromatic rings. The number of hydrogen-bond acceptors (Lipinski definition) is 4. The SMILES string of the molecule is COc1ccccc1NC(=O)C[NH+]1CCC[C@H]1c1nc2ccccc2s1. The average molecular weight is 368 g/mol. The number of thiazole rings is 1. The third-order valence-electron chi connectivity index (χ3n) is 4.86. The van der Waals surface area contributed by atoms with Crippen LogP contribution in [0.3, 0.4) is 0 Å². The zero-order chi connectivity index (χ0) is 17.9. The maximum absolute atomic E-state index is 12.6. The highest BCUT2D eigenvalue weighted by molar-refractivity contribution is 7.18. The second kappa shape index (κ2) is 7.43. The topological polar surface area (TPSA) is 55.7 Å². The van der Waals surface area contributed by atoms with Gasteiger partial charge in [-0.3, -0.25) is 4.79 Å². The van der Waals surface area contributed by atoms with Gasteiger partial charge in [0.05, 0.1) is 29.6 Å². The van der Waals surface area contributed by atoms with Gasteiger partial charge in [0.1, 0.15) is 11.8 Å². The molecular weight excluding hydrogens is 346 g/mol. The molecule has 1 unspecified atom stereocenters. The number of carbonyl (C=O) groups is 1. The molecule has 5 nitrogen and oxygen atoms in total. The second-order valence-electron chi connectivity index (χ2n) is 6.55. The molecule has 0 aliphatic carbocycles. The number of para-hydroxylation sites is 3. The Hall–Kier alpha value is -2.44. The molecule has 2 aromatic carbocycles. The quantitative estimate of drug-likeness (QED) is 0.728. The number of anilines is 1. The molecule has 0 radical (unpaired) electrons. The monoisotopic (exact) mass is 368 g/mol. The fourth-order valence-corrected chi connectivity index (χ4v) is 4.77. The number of likely N-dealkylation sites (tertiary alicyclic amines) is 1. The normalized spacial score (nSPS) is 19.6. The highest BCUT2D eigenvalue weighted by Crippen LogP contribution is 2.28. The largest absolute Gasteiger partial charge is 0.495 e. The summed E-state index contributed by atoms with van der Waals surface area (Å²) in [6.45, 7) is 1.44. The van der Waals surface area contributed by atoms with Crippen LogP contribution in [0.5, 0.6) is 5.75 Å². The number of rotatable bonds is 5. The Labute approximate surface area is 156 Å². The van der Waals surface area contributed by atoms with Gasteiger partial charge in [0.2, 0.25) is 0 Å². The Morgan fingerprint density at radius 1 is 1.27 bits per heavy atom. The zero-order valence-electron chi connectivity index (χ0n) is 14.7. The number of methoxy groups -OCH3 is 1. The minimum atomic E-state index is 0.0116. The number of quaternary nitrogens is 1. The van der Waals surface area contributed by atoms with Crippen molar-refractivity contribution < 1.29 is 14.4 Å². The van der Waals surface area contributed by atoms with E-state index in [-0.39, 0.29) is 5.91 Å². The third kappa shape index (κ3) is 3.43. The molecule has 2 N–H and O–H groups in total. The maximum Gasteiger partial charge on any atom is 0.279 e. The van der Waals surface area contributed by atoms with E-state index in [2.05, 4.69) is 17.4 Å². The lowest BCUT2D eigenvalue weighted by Gasteiger charge is -2.19. The summed E-state index contributed by atoms with van der Waals surface area (Å²) >= 11 is 1.75. The van der Waals surface area contributed by atoms with E-state index in [9.17, 15) is 4.79 Å². The molecule has 1 amide bonds. The van der Waals surface area contributed by atoms with E-state index in [1.54, 1.807) is 18.4 Å². The highest BCUT2D eigenvalue weighted by Gasteiger charge is 2.34. The predicted octanol–water partition coefficient (Wildman–Crippen LogP) is 2.66. The molecule has 26 heavy (non-hydrogen) atoms. The number of nitrogens with zero attached hydrogens (tertiary/aromatic N) is 1. The van der Waals surface area contributed by atoms with Crippen LogP contribution in [-0.4, -0.2) is 31.1 Å². The van der Waals surface area contributed by atoms with Crippen molar-refractivity contribution in [3.8, 4) is 5.75 Å². The fourth-order valence-electron chi connectivity index (χ4n) is 3.61. The molecule has 1 fully saturated rings. The smallest absolute Gasteiger partial charge is 0.279 e. The summed E-state index contributed by atoms with van der Waals surface area (Å²) in [5.41, 5.74) is 1.77. The summed E-state index contributed by atoms with van der Waals surface area (Å²) in [6.07, 6.45) is 2.20. The Balaban J connectivity index is 1.47. The number of benzene rings is 2. The summed E-state index contributed by atoms with van der Waals surface area (Å²) in [5.74, 6) is 0.692. The van der Waals surface area contributed by atoms with Gasteiger partial charge in [-0.05, 0) is 24.3 Å². The van der Waals surface area contributed by atoms with Crippen LogP contribution in [0.1, 0.15) is 23.9 Å². The van der Waals surface area contributed by atoms with E-state index in [1.165, 1.54) is 9.60 Å². The Kier molecular flexibility index (Phi) is 4.86. The van der Waals surface area contributed by atoms with E-state index in [4.69, 9.17) is 9.72 Å². The van der Waals surface area contributed by atoms with Crippen molar-refractivity contribution in [3.63, 3.8) is 0 Å². The molecule has 2 heterocycles. The first kappa shape index (κ1) is 17.0. The zero-order valence-corrected chi connectivity index (χ0v) is 15.5. The summed E-state index contributed by atoms with van der Waals surface area (Å²) < 4.78 is 6.53. The second-order valence-corrected chi connectivity index (χ2v) is 7.61. The number of fused-ring (bicyclic) bond motifs is 1. The first-order valence-electron chi connectivity index (χ1n) is 8.87.